The first-order valence-corrected chi connectivity index (χ1v) is 8.02. The van der Waals surface area contributed by atoms with E-state index in [1.807, 2.05) is 0 Å². The Labute approximate surface area is 142 Å². The number of carbonyl (C=O) groups excluding carboxylic acids is 1. The lowest BCUT2D eigenvalue weighted by molar-refractivity contribution is -0.0367. The molecule has 3 aromatic rings. The van der Waals surface area contributed by atoms with Gasteiger partial charge in [0, 0.05) is 5.39 Å². The summed E-state index contributed by atoms with van der Waals surface area (Å²) in [4.78, 5) is 12.1. The van der Waals surface area contributed by atoms with Crippen LogP contribution in [-0.2, 0) is 4.74 Å². The summed E-state index contributed by atoms with van der Waals surface area (Å²) in [5.41, 5.74) is 0.581. The molecule has 0 radical (unpaired) electrons. The summed E-state index contributed by atoms with van der Waals surface area (Å²) >= 11 is 0. The first-order valence-electron chi connectivity index (χ1n) is 8.02. The fourth-order valence-electron chi connectivity index (χ4n) is 2.51. The molecule has 9 nitrogen and oxygen atoms in total. The lowest BCUT2D eigenvalue weighted by atomic mass is 10.2. The van der Waals surface area contributed by atoms with Crippen molar-refractivity contribution in [1.82, 2.24) is 20.6 Å². The molecule has 1 aliphatic rings. The van der Waals surface area contributed by atoms with Crippen molar-refractivity contribution in [2.24, 2.45) is 5.92 Å². The molecule has 1 amide bonds. The number of nitrogens with zero attached hydrogens (tertiary/aromatic N) is 3. The number of benzene rings is 1. The molecule has 0 saturated heterocycles. The fraction of sp³-hybridized carbons (Fsp3) is 0.375. The summed E-state index contributed by atoms with van der Waals surface area (Å²) in [6, 6.07) is 6.96. The zero-order valence-electron chi connectivity index (χ0n) is 13.6. The standard InChI is InChI=1S/C16H17N5O4/c1-9(10-2-3-10)23-8-24-12-4-5-13-11(6-12)7-14(25-13)15(22)17-16-18-20-21-19-16/h4-7,9-10H,2-3,8H2,1H3,(H2,17,18,19,20,21,22). The predicted octanol–water partition coefficient (Wildman–Crippen LogP) is 2.35. The number of carbonyl (C=O) groups is 1. The summed E-state index contributed by atoms with van der Waals surface area (Å²) in [7, 11) is 0. The van der Waals surface area contributed by atoms with Gasteiger partial charge in [-0.15, -0.1) is 5.10 Å². The van der Waals surface area contributed by atoms with Gasteiger partial charge in [0.25, 0.3) is 11.9 Å². The number of anilines is 1. The molecule has 4 rings (SSSR count). The van der Waals surface area contributed by atoms with Crippen LogP contribution in [0.25, 0.3) is 11.0 Å². The normalized spacial score (nSPS) is 15.2. The third-order valence-corrected chi connectivity index (χ3v) is 4.12. The Bertz CT molecular complexity index is 872. The maximum absolute atomic E-state index is 12.1. The smallest absolute Gasteiger partial charge is 0.293 e. The molecule has 2 heterocycles. The molecule has 1 unspecified atom stereocenters. The van der Waals surface area contributed by atoms with Crippen molar-refractivity contribution >= 4 is 22.8 Å². The van der Waals surface area contributed by atoms with Crippen LogP contribution in [0.15, 0.2) is 28.7 Å². The average molecular weight is 343 g/mol. The molecule has 25 heavy (non-hydrogen) atoms. The number of hydrogen-bond acceptors (Lipinski definition) is 7. The summed E-state index contributed by atoms with van der Waals surface area (Å²) in [6.07, 6.45) is 2.69. The molecule has 2 aromatic heterocycles. The van der Waals surface area contributed by atoms with Gasteiger partial charge in [-0.2, -0.15) is 5.21 Å². The van der Waals surface area contributed by atoms with Gasteiger partial charge in [0.2, 0.25) is 0 Å². The highest BCUT2D eigenvalue weighted by Gasteiger charge is 2.28. The molecule has 0 aliphatic heterocycles. The van der Waals surface area contributed by atoms with Gasteiger partial charge in [-0.3, -0.25) is 10.1 Å². The lowest BCUT2D eigenvalue weighted by Crippen LogP contribution is -2.14. The number of fused-ring (bicyclic) bond motifs is 1. The van der Waals surface area contributed by atoms with Crippen LogP contribution in [0.1, 0.15) is 30.3 Å². The minimum Gasteiger partial charge on any atom is -0.468 e. The van der Waals surface area contributed by atoms with E-state index in [0.717, 1.165) is 5.39 Å². The number of ether oxygens (including phenoxy) is 2. The third-order valence-electron chi connectivity index (χ3n) is 4.12. The molecule has 1 fully saturated rings. The van der Waals surface area contributed by atoms with Gasteiger partial charge in [-0.25, -0.2) is 0 Å². The average Bonchev–Trinajstić information content (AvgIpc) is 3.17. The van der Waals surface area contributed by atoms with E-state index in [0.29, 0.717) is 17.3 Å². The van der Waals surface area contributed by atoms with E-state index >= 15 is 0 Å². The molecular weight excluding hydrogens is 326 g/mol. The molecule has 1 aliphatic carbocycles. The summed E-state index contributed by atoms with van der Waals surface area (Å²) in [5, 5.41) is 16.2. The highest BCUT2D eigenvalue weighted by molar-refractivity contribution is 6.03. The van der Waals surface area contributed by atoms with Crippen LogP contribution >= 0.6 is 0 Å². The second kappa shape index (κ2) is 6.52. The summed E-state index contributed by atoms with van der Waals surface area (Å²) in [6.45, 7) is 2.26. The number of rotatable bonds is 7. The molecule has 9 heteroatoms. The van der Waals surface area contributed by atoms with E-state index in [1.54, 1.807) is 24.3 Å². The molecule has 130 valence electrons. The lowest BCUT2D eigenvalue weighted by Gasteiger charge is -2.12. The van der Waals surface area contributed by atoms with E-state index in [1.165, 1.54) is 12.8 Å². The van der Waals surface area contributed by atoms with Gasteiger partial charge in [-0.05, 0) is 55.2 Å². The second-order valence-electron chi connectivity index (χ2n) is 5.97. The van der Waals surface area contributed by atoms with E-state index in [-0.39, 0.29) is 24.6 Å². The fourth-order valence-corrected chi connectivity index (χ4v) is 2.51. The van der Waals surface area contributed by atoms with Crippen molar-refractivity contribution in [3.8, 4) is 5.75 Å². The number of nitrogens with one attached hydrogen (secondary N) is 2. The van der Waals surface area contributed by atoms with Gasteiger partial charge in [0.05, 0.1) is 6.10 Å². The van der Waals surface area contributed by atoms with Crippen molar-refractivity contribution in [3.63, 3.8) is 0 Å². The van der Waals surface area contributed by atoms with Crippen LogP contribution < -0.4 is 10.1 Å². The second-order valence-corrected chi connectivity index (χ2v) is 5.97. The highest BCUT2D eigenvalue weighted by Crippen LogP contribution is 2.34. The predicted molar refractivity (Wildman–Crippen MR) is 87.1 cm³/mol. The van der Waals surface area contributed by atoms with Gasteiger partial charge < -0.3 is 13.9 Å². The SMILES string of the molecule is CC(OCOc1ccc2oc(C(=O)Nc3nn[nH]n3)cc2c1)C1CC1. The third kappa shape index (κ3) is 3.61. The number of H-pyrrole nitrogens is 1. The Morgan fingerprint density at radius 3 is 3.08 bits per heavy atom. The Morgan fingerprint density at radius 2 is 2.32 bits per heavy atom. The largest absolute Gasteiger partial charge is 0.468 e. The quantitative estimate of drug-likeness (QED) is 0.633. The van der Waals surface area contributed by atoms with Gasteiger partial charge >= 0.3 is 0 Å². The van der Waals surface area contributed by atoms with Crippen LogP contribution in [0.5, 0.6) is 5.75 Å². The van der Waals surface area contributed by atoms with Gasteiger partial charge in [0.1, 0.15) is 11.3 Å². The number of aromatic amines is 1. The number of aromatic nitrogens is 4. The van der Waals surface area contributed by atoms with Crippen LogP contribution in [0.4, 0.5) is 5.95 Å². The molecule has 0 spiro atoms. The summed E-state index contributed by atoms with van der Waals surface area (Å²) in [5.74, 6) is 1.09. The van der Waals surface area contributed by atoms with Crippen LogP contribution in [0, 0.1) is 5.92 Å². The van der Waals surface area contributed by atoms with E-state index < -0.39 is 5.91 Å². The minimum atomic E-state index is -0.457. The van der Waals surface area contributed by atoms with Crippen molar-refractivity contribution < 1.29 is 18.7 Å². The molecule has 1 aromatic carbocycles. The Hall–Kier alpha value is -2.94. The molecule has 1 atom stereocenters. The zero-order chi connectivity index (χ0) is 17.2. The Kier molecular flexibility index (Phi) is 4.06. The number of amides is 1. The maximum atomic E-state index is 12.1. The van der Waals surface area contributed by atoms with Crippen LogP contribution in [0.3, 0.4) is 0 Å². The maximum Gasteiger partial charge on any atom is 0.293 e. The Morgan fingerprint density at radius 1 is 1.44 bits per heavy atom. The zero-order valence-corrected chi connectivity index (χ0v) is 13.6. The molecule has 0 bridgehead atoms. The topological polar surface area (TPSA) is 115 Å². The minimum absolute atomic E-state index is 0.0800. The monoisotopic (exact) mass is 343 g/mol. The first kappa shape index (κ1) is 15.6. The van der Waals surface area contributed by atoms with Crippen LogP contribution in [0.2, 0.25) is 0 Å². The number of tetrazole rings is 1. The van der Waals surface area contributed by atoms with Crippen molar-refractivity contribution in [2.75, 3.05) is 12.1 Å². The van der Waals surface area contributed by atoms with Crippen LogP contribution in [-0.4, -0.2) is 39.4 Å². The first-order chi connectivity index (χ1) is 12.2. The van der Waals surface area contributed by atoms with Gasteiger partial charge in [0.15, 0.2) is 12.6 Å². The highest BCUT2D eigenvalue weighted by atomic mass is 16.7. The number of furan rings is 1. The van der Waals surface area contributed by atoms with Crippen molar-refractivity contribution in [2.45, 2.75) is 25.9 Å². The molecular formula is C16H17N5O4. The van der Waals surface area contributed by atoms with E-state index in [2.05, 4.69) is 32.9 Å². The molecule has 2 N–H and O–H groups in total. The Balaban J connectivity index is 1.40. The van der Waals surface area contributed by atoms with E-state index in [4.69, 9.17) is 13.9 Å². The molecule has 1 saturated carbocycles. The van der Waals surface area contributed by atoms with Crippen molar-refractivity contribution in [3.05, 3.63) is 30.0 Å². The number of hydrogen-bond donors (Lipinski definition) is 2. The summed E-state index contributed by atoms with van der Waals surface area (Å²) < 4.78 is 16.8. The van der Waals surface area contributed by atoms with E-state index in [9.17, 15) is 4.79 Å². The van der Waals surface area contributed by atoms with Gasteiger partial charge in [-0.1, -0.05) is 5.10 Å². The van der Waals surface area contributed by atoms with Crippen molar-refractivity contribution in [1.29, 1.82) is 0 Å².